The van der Waals surface area contributed by atoms with Gasteiger partial charge in [-0.25, -0.2) is 0 Å². The van der Waals surface area contributed by atoms with Crippen molar-refractivity contribution < 1.29 is 9.59 Å². The largest absolute Gasteiger partial charge is 0.352 e. The van der Waals surface area contributed by atoms with Crippen molar-refractivity contribution in [2.75, 3.05) is 11.9 Å². The minimum absolute atomic E-state index is 0. The molecule has 2 aliphatic rings. The van der Waals surface area contributed by atoms with Gasteiger partial charge in [0.05, 0.1) is 17.9 Å². The van der Waals surface area contributed by atoms with E-state index in [1.54, 1.807) is 12.4 Å². The molecule has 1 atom stereocenters. The standard InChI is InChI=1S/C13H19N5O2.ClH/c19-12(16-9-3-4-9)8-18-7-10(6-15-18)17-13(20)11-2-1-5-14-11;/h6-7,9,11,14H,1-5,8H2,(H,16,19)(H,17,20);1H. The monoisotopic (exact) mass is 313 g/mol. The Morgan fingerprint density at radius 1 is 1.38 bits per heavy atom. The fourth-order valence-corrected chi connectivity index (χ4v) is 2.30. The van der Waals surface area contributed by atoms with Gasteiger partial charge in [0, 0.05) is 12.2 Å². The fraction of sp³-hybridized carbons (Fsp3) is 0.615. The third-order valence-electron chi connectivity index (χ3n) is 3.53. The summed E-state index contributed by atoms with van der Waals surface area (Å²) in [7, 11) is 0. The van der Waals surface area contributed by atoms with Gasteiger partial charge >= 0.3 is 0 Å². The third kappa shape index (κ3) is 4.44. The molecule has 3 N–H and O–H groups in total. The molecule has 7 nitrogen and oxygen atoms in total. The van der Waals surface area contributed by atoms with E-state index < -0.39 is 0 Å². The van der Waals surface area contributed by atoms with E-state index in [1.165, 1.54) is 4.68 Å². The van der Waals surface area contributed by atoms with Gasteiger partial charge in [0.25, 0.3) is 0 Å². The Kier molecular flexibility index (Phi) is 5.19. The van der Waals surface area contributed by atoms with Gasteiger partial charge in [0.15, 0.2) is 0 Å². The molecule has 1 aromatic rings. The first-order valence-electron chi connectivity index (χ1n) is 7.07. The smallest absolute Gasteiger partial charge is 0.241 e. The first-order chi connectivity index (χ1) is 9.70. The SMILES string of the molecule is Cl.O=C(Cn1cc(NC(=O)C2CCCN2)cn1)NC1CC1. The van der Waals surface area contributed by atoms with Gasteiger partial charge in [-0.05, 0) is 32.2 Å². The van der Waals surface area contributed by atoms with Crippen LogP contribution in [0.25, 0.3) is 0 Å². The first-order valence-corrected chi connectivity index (χ1v) is 7.07. The lowest BCUT2D eigenvalue weighted by atomic mass is 10.2. The molecule has 0 aromatic carbocycles. The Morgan fingerprint density at radius 2 is 2.19 bits per heavy atom. The van der Waals surface area contributed by atoms with Crippen molar-refractivity contribution in [3.8, 4) is 0 Å². The number of amides is 2. The highest BCUT2D eigenvalue weighted by atomic mass is 35.5. The van der Waals surface area contributed by atoms with E-state index in [-0.39, 0.29) is 36.8 Å². The molecule has 116 valence electrons. The number of hydrogen-bond acceptors (Lipinski definition) is 4. The van der Waals surface area contributed by atoms with E-state index in [1.807, 2.05) is 0 Å². The zero-order chi connectivity index (χ0) is 13.9. The molecule has 1 aromatic heterocycles. The van der Waals surface area contributed by atoms with Gasteiger partial charge in [-0.1, -0.05) is 0 Å². The van der Waals surface area contributed by atoms with Crippen LogP contribution in [0.5, 0.6) is 0 Å². The summed E-state index contributed by atoms with van der Waals surface area (Å²) in [5, 5.41) is 12.9. The van der Waals surface area contributed by atoms with Gasteiger partial charge in [0.2, 0.25) is 11.8 Å². The van der Waals surface area contributed by atoms with E-state index >= 15 is 0 Å². The number of hydrogen-bond donors (Lipinski definition) is 3. The van der Waals surface area contributed by atoms with Crippen molar-refractivity contribution in [2.24, 2.45) is 0 Å². The van der Waals surface area contributed by atoms with Crippen molar-refractivity contribution in [3.05, 3.63) is 12.4 Å². The Morgan fingerprint density at radius 3 is 2.86 bits per heavy atom. The summed E-state index contributed by atoms with van der Waals surface area (Å²) in [5.74, 6) is -0.0737. The summed E-state index contributed by atoms with van der Waals surface area (Å²) in [6.45, 7) is 1.08. The predicted octanol–water partition coefficient (Wildman–Crippen LogP) is 0.274. The van der Waals surface area contributed by atoms with Gasteiger partial charge < -0.3 is 16.0 Å². The number of aromatic nitrogens is 2. The summed E-state index contributed by atoms with van der Waals surface area (Å²) in [4.78, 5) is 23.5. The zero-order valence-corrected chi connectivity index (χ0v) is 12.5. The molecule has 1 saturated carbocycles. The summed E-state index contributed by atoms with van der Waals surface area (Å²) in [6.07, 6.45) is 7.28. The summed E-state index contributed by atoms with van der Waals surface area (Å²) < 4.78 is 1.54. The molecule has 2 heterocycles. The highest BCUT2D eigenvalue weighted by molar-refractivity contribution is 5.94. The van der Waals surface area contributed by atoms with Crippen LogP contribution < -0.4 is 16.0 Å². The number of rotatable bonds is 5. The number of halogens is 1. The minimum atomic E-state index is -0.114. The van der Waals surface area contributed by atoms with Crippen LogP contribution in [-0.4, -0.2) is 40.2 Å². The quantitative estimate of drug-likeness (QED) is 0.728. The molecule has 1 aliphatic heterocycles. The Balaban J connectivity index is 0.00000161. The molecule has 0 radical (unpaired) electrons. The van der Waals surface area contributed by atoms with Crippen LogP contribution in [0.15, 0.2) is 12.4 Å². The fourth-order valence-electron chi connectivity index (χ4n) is 2.30. The van der Waals surface area contributed by atoms with Gasteiger partial charge in [-0.2, -0.15) is 5.10 Å². The highest BCUT2D eigenvalue weighted by Gasteiger charge is 2.24. The van der Waals surface area contributed by atoms with Crippen molar-refractivity contribution in [3.63, 3.8) is 0 Å². The second-order valence-electron chi connectivity index (χ2n) is 5.41. The van der Waals surface area contributed by atoms with Crippen molar-refractivity contribution >= 4 is 29.9 Å². The average Bonchev–Trinajstić information content (AvgIpc) is 2.93. The number of nitrogens with one attached hydrogen (secondary N) is 3. The lowest BCUT2D eigenvalue weighted by Crippen LogP contribution is -2.35. The van der Waals surface area contributed by atoms with Crippen molar-refractivity contribution in [1.82, 2.24) is 20.4 Å². The molecule has 1 saturated heterocycles. The van der Waals surface area contributed by atoms with Crippen LogP contribution in [0.3, 0.4) is 0 Å². The number of nitrogens with zero attached hydrogens (tertiary/aromatic N) is 2. The zero-order valence-electron chi connectivity index (χ0n) is 11.7. The van der Waals surface area contributed by atoms with Crippen molar-refractivity contribution in [2.45, 2.75) is 44.3 Å². The second kappa shape index (κ2) is 6.91. The molecule has 1 aliphatic carbocycles. The molecule has 0 spiro atoms. The highest BCUT2D eigenvalue weighted by Crippen LogP contribution is 2.18. The van der Waals surface area contributed by atoms with Crippen LogP contribution in [-0.2, 0) is 16.1 Å². The molecule has 1 unspecified atom stereocenters. The molecule has 3 rings (SSSR count). The topological polar surface area (TPSA) is 88.1 Å². The Labute approximate surface area is 129 Å². The third-order valence-corrected chi connectivity index (χ3v) is 3.53. The average molecular weight is 314 g/mol. The maximum Gasteiger partial charge on any atom is 0.241 e. The minimum Gasteiger partial charge on any atom is -0.352 e. The molecule has 21 heavy (non-hydrogen) atoms. The van der Waals surface area contributed by atoms with E-state index in [4.69, 9.17) is 0 Å². The summed E-state index contributed by atoms with van der Waals surface area (Å²) >= 11 is 0. The van der Waals surface area contributed by atoms with Crippen molar-refractivity contribution in [1.29, 1.82) is 0 Å². The first kappa shape index (κ1) is 15.8. The molecule has 8 heteroatoms. The van der Waals surface area contributed by atoms with Crippen LogP contribution >= 0.6 is 12.4 Å². The number of anilines is 1. The normalized spacial score (nSPS) is 20.7. The molecule has 2 fully saturated rings. The van der Waals surface area contributed by atoms with Crippen LogP contribution in [0.1, 0.15) is 25.7 Å². The summed E-state index contributed by atoms with van der Waals surface area (Å²) in [6, 6.07) is 0.238. The Bertz CT molecular complexity index is 508. The van der Waals surface area contributed by atoms with Crippen LogP contribution in [0.4, 0.5) is 5.69 Å². The van der Waals surface area contributed by atoms with E-state index in [0.717, 1.165) is 32.2 Å². The van der Waals surface area contributed by atoms with Gasteiger partial charge in [-0.15, -0.1) is 12.4 Å². The van der Waals surface area contributed by atoms with Crippen LogP contribution in [0, 0.1) is 0 Å². The van der Waals surface area contributed by atoms with Gasteiger partial charge in [-0.3, -0.25) is 14.3 Å². The van der Waals surface area contributed by atoms with E-state index in [9.17, 15) is 9.59 Å². The lowest BCUT2D eigenvalue weighted by molar-refractivity contribution is -0.122. The molecule has 2 amide bonds. The summed E-state index contributed by atoms with van der Waals surface area (Å²) in [5.41, 5.74) is 0.628. The predicted molar refractivity (Wildman–Crippen MR) is 80.3 cm³/mol. The van der Waals surface area contributed by atoms with E-state index in [0.29, 0.717) is 11.7 Å². The van der Waals surface area contributed by atoms with Gasteiger partial charge in [0.1, 0.15) is 6.54 Å². The molecule has 0 bridgehead atoms. The lowest BCUT2D eigenvalue weighted by Gasteiger charge is -2.09. The molecular weight excluding hydrogens is 294 g/mol. The molecular formula is C13H20ClN5O2. The Hall–Kier alpha value is -1.60. The van der Waals surface area contributed by atoms with E-state index in [2.05, 4.69) is 21.0 Å². The maximum atomic E-state index is 11.9. The second-order valence-corrected chi connectivity index (χ2v) is 5.41. The number of carbonyl (C=O) groups excluding carboxylic acids is 2. The number of carbonyl (C=O) groups is 2. The van der Waals surface area contributed by atoms with Crippen LogP contribution in [0.2, 0.25) is 0 Å². The maximum absolute atomic E-state index is 11.9.